The highest BCUT2D eigenvalue weighted by atomic mass is 16.5. The fraction of sp³-hybridized carbons (Fsp3) is 0.143. The van der Waals surface area contributed by atoms with E-state index in [1.807, 2.05) is 31.2 Å². The number of benzene rings is 1. The molecule has 0 spiro atoms. The molecule has 4 heteroatoms. The van der Waals surface area contributed by atoms with E-state index in [0.717, 1.165) is 12.0 Å². The van der Waals surface area contributed by atoms with Crippen LogP contribution < -0.4 is 4.74 Å². The Morgan fingerprint density at radius 3 is 2.78 bits per heavy atom. The van der Waals surface area contributed by atoms with Crippen LogP contribution in [0.3, 0.4) is 0 Å². The molecule has 0 amide bonds. The van der Waals surface area contributed by atoms with Crippen LogP contribution in [0.4, 0.5) is 0 Å². The highest BCUT2D eigenvalue weighted by Gasteiger charge is 2.12. The van der Waals surface area contributed by atoms with Crippen molar-refractivity contribution in [1.29, 1.82) is 0 Å². The maximum Gasteiger partial charge on any atom is 0.339 e. The highest BCUT2D eigenvalue weighted by molar-refractivity contribution is 5.90. The van der Waals surface area contributed by atoms with Gasteiger partial charge in [-0.1, -0.05) is 25.1 Å². The molecular weight excluding hydrogens is 230 g/mol. The van der Waals surface area contributed by atoms with Gasteiger partial charge in [0.05, 0.1) is 6.20 Å². The summed E-state index contributed by atoms with van der Waals surface area (Å²) in [4.78, 5) is 14.9. The lowest BCUT2D eigenvalue weighted by Gasteiger charge is -2.11. The third-order valence-electron chi connectivity index (χ3n) is 2.59. The van der Waals surface area contributed by atoms with Gasteiger partial charge >= 0.3 is 5.97 Å². The highest BCUT2D eigenvalue weighted by Crippen LogP contribution is 2.27. The number of carboxylic acid groups (broad SMARTS) is 1. The fourth-order valence-corrected chi connectivity index (χ4v) is 1.65. The lowest BCUT2D eigenvalue weighted by Crippen LogP contribution is -2.01. The van der Waals surface area contributed by atoms with E-state index in [1.165, 1.54) is 18.5 Å². The van der Waals surface area contributed by atoms with Gasteiger partial charge in [-0.15, -0.1) is 0 Å². The second-order valence-corrected chi connectivity index (χ2v) is 3.74. The molecule has 0 radical (unpaired) electrons. The monoisotopic (exact) mass is 243 g/mol. The summed E-state index contributed by atoms with van der Waals surface area (Å²) in [7, 11) is 0. The summed E-state index contributed by atoms with van der Waals surface area (Å²) in [5.74, 6) is -0.109. The number of nitrogens with zero attached hydrogens (tertiary/aromatic N) is 1. The van der Waals surface area contributed by atoms with Gasteiger partial charge in [-0.2, -0.15) is 0 Å². The van der Waals surface area contributed by atoms with Crippen molar-refractivity contribution < 1.29 is 14.6 Å². The molecule has 0 fully saturated rings. The topological polar surface area (TPSA) is 59.4 Å². The maximum atomic E-state index is 11.1. The van der Waals surface area contributed by atoms with Crippen LogP contribution in [0.5, 0.6) is 11.5 Å². The van der Waals surface area contributed by atoms with Crippen molar-refractivity contribution in [3.63, 3.8) is 0 Å². The SMILES string of the molecule is CCc1ccccc1Oc1cnccc1C(=O)O. The molecule has 2 rings (SSSR count). The van der Waals surface area contributed by atoms with E-state index in [1.54, 1.807) is 0 Å². The first-order valence-corrected chi connectivity index (χ1v) is 5.65. The number of ether oxygens (including phenoxy) is 1. The van der Waals surface area contributed by atoms with E-state index in [4.69, 9.17) is 9.84 Å². The number of rotatable bonds is 4. The molecule has 0 bridgehead atoms. The van der Waals surface area contributed by atoms with Gasteiger partial charge in [-0.3, -0.25) is 4.98 Å². The Hall–Kier alpha value is -2.36. The Balaban J connectivity index is 2.37. The minimum absolute atomic E-state index is 0.107. The van der Waals surface area contributed by atoms with Gasteiger partial charge in [0, 0.05) is 6.20 Å². The van der Waals surface area contributed by atoms with Gasteiger partial charge in [-0.25, -0.2) is 4.79 Å². The van der Waals surface area contributed by atoms with Crippen LogP contribution in [0.2, 0.25) is 0 Å². The summed E-state index contributed by atoms with van der Waals surface area (Å²) < 4.78 is 5.65. The molecule has 0 saturated carbocycles. The van der Waals surface area contributed by atoms with Crippen molar-refractivity contribution in [3.8, 4) is 11.5 Å². The lowest BCUT2D eigenvalue weighted by atomic mass is 10.1. The first-order chi connectivity index (χ1) is 8.72. The van der Waals surface area contributed by atoms with Gasteiger partial charge in [0.1, 0.15) is 11.3 Å². The van der Waals surface area contributed by atoms with E-state index in [2.05, 4.69) is 4.98 Å². The van der Waals surface area contributed by atoms with Gasteiger partial charge in [-0.05, 0) is 24.1 Å². The van der Waals surface area contributed by atoms with Crippen LogP contribution in [0.1, 0.15) is 22.8 Å². The summed E-state index contributed by atoms with van der Waals surface area (Å²) in [6.45, 7) is 2.02. The molecule has 2 aromatic rings. The number of aromatic nitrogens is 1. The largest absolute Gasteiger partial charge is 0.478 e. The molecule has 0 saturated heterocycles. The molecule has 1 aromatic carbocycles. The number of hydrogen-bond donors (Lipinski definition) is 1. The van der Waals surface area contributed by atoms with Crippen LogP contribution in [-0.2, 0) is 6.42 Å². The van der Waals surface area contributed by atoms with Crippen molar-refractivity contribution in [1.82, 2.24) is 4.98 Å². The molecule has 0 unspecified atom stereocenters. The first kappa shape index (κ1) is 12.1. The van der Waals surface area contributed by atoms with Crippen molar-refractivity contribution >= 4 is 5.97 Å². The van der Waals surface area contributed by atoms with Crippen molar-refractivity contribution in [2.24, 2.45) is 0 Å². The Kier molecular flexibility index (Phi) is 3.57. The van der Waals surface area contributed by atoms with E-state index in [0.29, 0.717) is 5.75 Å². The quantitative estimate of drug-likeness (QED) is 0.896. The average Bonchev–Trinajstić information content (AvgIpc) is 2.40. The zero-order chi connectivity index (χ0) is 13.0. The van der Waals surface area contributed by atoms with Crippen LogP contribution in [0.15, 0.2) is 42.7 Å². The number of carbonyl (C=O) groups is 1. The number of aryl methyl sites for hydroxylation is 1. The second kappa shape index (κ2) is 5.31. The summed E-state index contributed by atoms with van der Waals surface area (Å²) in [6, 6.07) is 8.97. The second-order valence-electron chi connectivity index (χ2n) is 3.74. The molecule has 1 aromatic heterocycles. The Labute approximate surface area is 105 Å². The molecule has 0 atom stereocenters. The summed E-state index contributed by atoms with van der Waals surface area (Å²) in [5.41, 5.74) is 1.13. The summed E-state index contributed by atoms with van der Waals surface area (Å²) in [5, 5.41) is 9.06. The van der Waals surface area contributed by atoms with E-state index >= 15 is 0 Å². The zero-order valence-electron chi connectivity index (χ0n) is 9.96. The van der Waals surface area contributed by atoms with Crippen LogP contribution in [0.25, 0.3) is 0 Å². The Morgan fingerprint density at radius 1 is 1.28 bits per heavy atom. The molecule has 18 heavy (non-hydrogen) atoms. The summed E-state index contributed by atoms with van der Waals surface area (Å²) in [6.07, 6.45) is 3.66. The van der Waals surface area contributed by atoms with E-state index in [9.17, 15) is 4.79 Å². The zero-order valence-corrected chi connectivity index (χ0v) is 9.96. The Morgan fingerprint density at radius 2 is 2.06 bits per heavy atom. The molecular formula is C14H13NO3. The summed E-state index contributed by atoms with van der Waals surface area (Å²) >= 11 is 0. The molecule has 1 heterocycles. The van der Waals surface area contributed by atoms with Crippen LogP contribution >= 0.6 is 0 Å². The molecule has 0 aliphatic rings. The van der Waals surface area contributed by atoms with E-state index < -0.39 is 5.97 Å². The van der Waals surface area contributed by atoms with Crippen molar-refractivity contribution in [3.05, 3.63) is 53.9 Å². The molecule has 0 aliphatic heterocycles. The standard InChI is InChI=1S/C14H13NO3/c1-2-10-5-3-4-6-12(10)18-13-9-15-8-7-11(13)14(16)17/h3-9H,2H2,1H3,(H,16,17). The molecule has 4 nitrogen and oxygen atoms in total. The molecule has 1 N–H and O–H groups in total. The van der Waals surface area contributed by atoms with Gasteiger partial charge in [0.25, 0.3) is 0 Å². The van der Waals surface area contributed by atoms with Crippen molar-refractivity contribution in [2.75, 3.05) is 0 Å². The van der Waals surface area contributed by atoms with Gasteiger partial charge < -0.3 is 9.84 Å². The van der Waals surface area contributed by atoms with Crippen LogP contribution in [-0.4, -0.2) is 16.1 Å². The van der Waals surface area contributed by atoms with Crippen molar-refractivity contribution in [2.45, 2.75) is 13.3 Å². The average molecular weight is 243 g/mol. The first-order valence-electron chi connectivity index (χ1n) is 5.65. The third kappa shape index (κ3) is 2.48. The normalized spacial score (nSPS) is 10.1. The lowest BCUT2D eigenvalue weighted by molar-refractivity contribution is 0.0694. The number of pyridine rings is 1. The number of para-hydroxylation sites is 1. The minimum atomic E-state index is -1.03. The predicted molar refractivity (Wildman–Crippen MR) is 67.1 cm³/mol. The molecule has 92 valence electrons. The smallest absolute Gasteiger partial charge is 0.339 e. The predicted octanol–water partition coefficient (Wildman–Crippen LogP) is 3.13. The van der Waals surface area contributed by atoms with Crippen LogP contribution in [0, 0.1) is 0 Å². The number of hydrogen-bond acceptors (Lipinski definition) is 3. The number of carboxylic acids is 1. The molecule has 0 aliphatic carbocycles. The minimum Gasteiger partial charge on any atom is -0.478 e. The number of aromatic carboxylic acids is 1. The van der Waals surface area contributed by atoms with E-state index in [-0.39, 0.29) is 11.3 Å². The maximum absolute atomic E-state index is 11.1. The van der Waals surface area contributed by atoms with Gasteiger partial charge in [0.2, 0.25) is 0 Å². The fourth-order valence-electron chi connectivity index (χ4n) is 1.65. The Bertz CT molecular complexity index is 566. The van der Waals surface area contributed by atoms with Gasteiger partial charge in [0.15, 0.2) is 5.75 Å². The third-order valence-corrected chi connectivity index (χ3v) is 2.59.